The molecule has 2 fully saturated rings. The lowest BCUT2D eigenvalue weighted by Gasteiger charge is -2.39. The van der Waals surface area contributed by atoms with Crippen molar-refractivity contribution in [1.82, 2.24) is 24.3 Å². The summed E-state index contributed by atoms with van der Waals surface area (Å²) in [5.74, 6) is 1.01. The van der Waals surface area contributed by atoms with Crippen molar-refractivity contribution in [3.05, 3.63) is 37.2 Å². The van der Waals surface area contributed by atoms with Gasteiger partial charge >= 0.3 is 0 Å². The first-order valence-corrected chi connectivity index (χ1v) is 10.2. The van der Waals surface area contributed by atoms with Gasteiger partial charge in [0.05, 0.1) is 11.1 Å². The van der Waals surface area contributed by atoms with Gasteiger partial charge in [0.15, 0.2) is 5.65 Å². The molecule has 2 aliphatic rings. The molecule has 0 radical (unpaired) electrons. The fourth-order valence-electron chi connectivity index (χ4n) is 4.45. The Bertz CT molecular complexity index is 893. The van der Waals surface area contributed by atoms with Crippen molar-refractivity contribution >= 4 is 23.4 Å². The molecule has 0 unspecified atom stereocenters. The molecule has 1 spiro atoms. The number of aromatic nitrogens is 5. The van der Waals surface area contributed by atoms with E-state index in [1.54, 1.807) is 30.4 Å². The van der Waals surface area contributed by atoms with Crippen LogP contribution in [0.1, 0.15) is 38.5 Å². The van der Waals surface area contributed by atoms with Crippen LogP contribution < -0.4 is 4.90 Å². The first kappa shape index (κ1) is 16.1. The summed E-state index contributed by atoms with van der Waals surface area (Å²) in [6.07, 6.45) is 19.2. The van der Waals surface area contributed by atoms with Gasteiger partial charge in [-0.15, -0.1) is 0 Å². The van der Waals surface area contributed by atoms with E-state index in [0.717, 1.165) is 34.6 Å². The predicted octanol–water partition coefficient (Wildman–Crippen LogP) is 3.83. The van der Waals surface area contributed by atoms with Gasteiger partial charge in [-0.05, 0) is 31.1 Å². The molecule has 134 valence electrons. The normalized spacial score (nSPS) is 19.5. The number of fused-ring (bicyclic) bond motifs is 1. The van der Waals surface area contributed by atoms with Crippen molar-refractivity contribution in [3.8, 4) is 0 Å². The van der Waals surface area contributed by atoms with Gasteiger partial charge in [-0.25, -0.2) is 15.0 Å². The quantitative estimate of drug-likeness (QED) is 0.702. The second kappa shape index (κ2) is 6.54. The van der Waals surface area contributed by atoms with E-state index in [4.69, 9.17) is 4.98 Å². The average Bonchev–Trinajstić information content (AvgIpc) is 3.34. The van der Waals surface area contributed by atoms with Crippen LogP contribution in [0.5, 0.6) is 0 Å². The summed E-state index contributed by atoms with van der Waals surface area (Å²) in [5.41, 5.74) is 1.55. The van der Waals surface area contributed by atoms with Gasteiger partial charge in [-0.2, -0.15) is 0 Å². The van der Waals surface area contributed by atoms with Crippen LogP contribution in [0.15, 0.2) is 47.1 Å². The van der Waals surface area contributed by atoms with E-state index >= 15 is 0 Å². The van der Waals surface area contributed by atoms with Gasteiger partial charge in [0, 0.05) is 44.1 Å². The van der Waals surface area contributed by atoms with Gasteiger partial charge in [0.2, 0.25) is 5.95 Å². The molecule has 1 saturated carbocycles. The molecule has 6 nitrogen and oxygen atoms in total. The molecule has 0 atom stereocenters. The molecule has 26 heavy (non-hydrogen) atoms. The molecule has 0 aromatic carbocycles. The van der Waals surface area contributed by atoms with Crippen LogP contribution in [0.4, 0.5) is 5.95 Å². The summed E-state index contributed by atoms with van der Waals surface area (Å²) >= 11 is 1.55. The van der Waals surface area contributed by atoms with Crippen molar-refractivity contribution in [2.75, 3.05) is 18.0 Å². The lowest BCUT2D eigenvalue weighted by molar-refractivity contribution is 0.225. The highest BCUT2D eigenvalue weighted by Gasteiger charge is 2.37. The number of imidazole rings is 1. The van der Waals surface area contributed by atoms with Crippen LogP contribution in [-0.2, 0) is 0 Å². The van der Waals surface area contributed by atoms with E-state index in [2.05, 4.69) is 24.3 Å². The molecule has 3 aromatic rings. The van der Waals surface area contributed by atoms with Gasteiger partial charge in [0.25, 0.3) is 0 Å². The maximum Gasteiger partial charge on any atom is 0.211 e. The molecule has 0 N–H and O–H groups in total. The molecule has 1 aliphatic carbocycles. The van der Waals surface area contributed by atoms with Crippen LogP contribution in [0.2, 0.25) is 0 Å². The van der Waals surface area contributed by atoms with Crippen molar-refractivity contribution in [1.29, 1.82) is 0 Å². The molecule has 3 aromatic heterocycles. The molecule has 7 heteroatoms. The van der Waals surface area contributed by atoms with Crippen LogP contribution in [0.3, 0.4) is 0 Å². The summed E-state index contributed by atoms with van der Waals surface area (Å²) in [6, 6.07) is 0. The van der Waals surface area contributed by atoms with Crippen molar-refractivity contribution in [2.24, 2.45) is 5.41 Å². The fraction of sp³-hybridized carbons (Fsp3) is 0.474. The largest absolute Gasteiger partial charge is 0.342 e. The van der Waals surface area contributed by atoms with Gasteiger partial charge in [0.1, 0.15) is 5.03 Å². The minimum absolute atomic E-state index is 0.617. The smallest absolute Gasteiger partial charge is 0.211 e. The Morgan fingerprint density at radius 1 is 0.885 bits per heavy atom. The van der Waals surface area contributed by atoms with Gasteiger partial charge in [-0.3, -0.25) is 9.38 Å². The summed E-state index contributed by atoms with van der Waals surface area (Å²) < 4.78 is 2.12. The minimum atomic E-state index is 0.617. The standard InChI is InChI=1S/C19H22N6S/c1-2-4-19(3-1)5-10-24(11-6-19)18-23-13-15(17-22-9-12-25(17)18)26-16-14-20-7-8-21-16/h7-9,12-14H,1-6,10-11H2. The lowest BCUT2D eigenvalue weighted by atomic mass is 9.77. The van der Waals surface area contributed by atoms with Crippen LogP contribution in [0, 0.1) is 5.41 Å². The molecule has 4 heterocycles. The third-order valence-electron chi connectivity index (χ3n) is 5.90. The Morgan fingerprint density at radius 2 is 1.73 bits per heavy atom. The maximum absolute atomic E-state index is 4.79. The van der Waals surface area contributed by atoms with Crippen LogP contribution >= 0.6 is 11.8 Å². The fourth-order valence-corrected chi connectivity index (χ4v) is 5.25. The average molecular weight is 366 g/mol. The zero-order chi connectivity index (χ0) is 17.4. The minimum Gasteiger partial charge on any atom is -0.342 e. The third-order valence-corrected chi connectivity index (χ3v) is 6.83. The molecular weight excluding hydrogens is 344 g/mol. The number of rotatable bonds is 3. The van der Waals surface area contributed by atoms with E-state index < -0.39 is 0 Å². The number of hydrogen-bond donors (Lipinski definition) is 0. The SMILES string of the molecule is c1cnc(Sc2cnc(N3CCC4(CCCC4)CC3)n3ccnc23)cn1. The number of hydrogen-bond acceptors (Lipinski definition) is 6. The first-order valence-electron chi connectivity index (χ1n) is 9.34. The molecule has 1 saturated heterocycles. The Labute approximate surface area is 157 Å². The molecule has 1 aliphatic heterocycles. The zero-order valence-electron chi connectivity index (χ0n) is 14.7. The van der Waals surface area contributed by atoms with Crippen molar-refractivity contribution in [2.45, 2.75) is 48.4 Å². The molecular formula is C19H22N6S. The summed E-state index contributed by atoms with van der Waals surface area (Å²) in [5, 5.41) is 0.855. The van der Waals surface area contributed by atoms with Crippen LogP contribution in [-0.4, -0.2) is 37.4 Å². The summed E-state index contributed by atoms with van der Waals surface area (Å²) in [4.78, 5) is 21.3. The van der Waals surface area contributed by atoms with E-state index in [-0.39, 0.29) is 0 Å². The molecule has 0 amide bonds. The Kier molecular flexibility index (Phi) is 4.04. The topological polar surface area (TPSA) is 59.2 Å². The lowest BCUT2D eigenvalue weighted by Crippen LogP contribution is -2.40. The maximum atomic E-state index is 4.79. The number of anilines is 1. The second-order valence-electron chi connectivity index (χ2n) is 7.38. The van der Waals surface area contributed by atoms with E-state index in [9.17, 15) is 0 Å². The molecule has 5 rings (SSSR count). The first-order chi connectivity index (χ1) is 12.8. The van der Waals surface area contributed by atoms with Crippen molar-refractivity contribution < 1.29 is 0 Å². The van der Waals surface area contributed by atoms with E-state index in [0.29, 0.717) is 5.41 Å². The van der Waals surface area contributed by atoms with Crippen molar-refractivity contribution in [3.63, 3.8) is 0 Å². The Morgan fingerprint density at radius 3 is 2.50 bits per heavy atom. The monoisotopic (exact) mass is 366 g/mol. The van der Waals surface area contributed by atoms with Gasteiger partial charge < -0.3 is 4.90 Å². The highest BCUT2D eigenvalue weighted by Crippen LogP contribution is 2.46. The Balaban J connectivity index is 1.41. The number of nitrogens with zero attached hydrogens (tertiary/aromatic N) is 6. The predicted molar refractivity (Wildman–Crippen MR) is 101 cm³/mol. The van der Waals surface area contributed by atoms with Gasteiger partial charge in [-0.1, -0.05) is 24.6 Å². The summed E-state index contributed by atoms with van der Waals surface area (Å²) in [7, 11) is 0. The van der Waals surface area contributed by atoms with Crippen LogP contribution in [0.25, 0.3) is 5.65 Å². The highest BCUT2D eigenvalue weighted by atomic mass is 32.2. The third kappa shape index (κ3) is 2.84. The van der Waals surface area contributed by atoms with E-state index in [1.807, 2.05) is 18.6 Å². The Hall–Kier alpha value is -2.15. The zero-order valence-corrected chi connectivity index (χ0v) is 15.5. The van der Waals surface area contributed by atoms with E-state index in [1.165, 1.54) is 38.5 Å². The number of piperidine rings is 1. The second-order valence-corrected chi connectivity index (χ2v) is 8.45. The molecule has 0 bridgehead atoms. The highest BCUT2D eigenvalue weighted by molar-refractivity contribution is 7.99. The summed E-state index contributed by atoms with van der Waals surface area (Å²) in [6.45, 7) is 2.19.